The first-order valence-corrected chi connectivity index (χ1v) is 8.00. The summed E-state index contributed by atoms with van der Waals surface area (Å²) in [5.41, 5.74) is 4.82. The van der Waals surface area contributed by atoms with E-state index in [1.807, 2.05) is 0 Å². The van der Waals surface area contributed by atoms with E-state index >= 15 is 0 Å². The van der Waals surface area contributed by atoms with Crippen LogP contribution in [0, 0.1) is 0 Å². The normalized spacial score (nSPS) is 21.7. The van der Waals surface area contributed by atoms with Gasteiger partial charge in [-0.25, -0.2) is 0 Å². The summed E-state index contributed by atoms with van der Waals surface area (Å²) < 4.78 is 5.20. The van der Waals surface area contributed by atoms with Crippen LogP contribution in [0.3, 0.4) is 0 Å². The van der Waals surface area contributed by atoms with Crippen molar-refractivity contribution in [1.82, 2.24) is 4.90 Å². The van der Waals surface area contributed by atoms with Crippen molar-refractivity contribution in [2.75, 3.05) is 26.8 Å². The molecule has 1 aliphatic rings. The van der Waals surface area contributed by atoms with Gasteiger partial charge in [0.25, 0.3) is 0 Å². The molecule has 0 aliphatic carbocycles. The smallest absolute Gasteiger partial charge is 0.451 e. The van der Waals surface area contributed by atoms with Crippen LogP contribution < -0.4 is 5.73 Å². The molecule has 1 heterocycles. The number of hydrogen-bond acceptors (Lipinski definition) is 6. The van der Waals surface area contributed by atoms with Gasteiger partial charge in [-0.1, -0.05) is 12.8 Å². The van der Waals surface area contributed by atoms with Crippen molar-refractivity contribution in [3.8, 4) is 0 Å². The van der Waals surface area contributed by atoms with E-state index in [1.165, 1.54) is 0 Å². The number of carbonyl (C=O) groups is 1. The highest BCUT2D eigenvalue weighted by molar-refractivity contribution is 6.40. The number of unbranched alkanes of at least 4 members (excludes halogenated alkanes) is 1. The standard InChI is InChI=1S/C14H29BN2O5/c1-22-11-12-5-4-9-17(12)10-7-14(16,13(18)19)6-2-3-8-15(20)21/h12,20-21H,2-11,16H2,1H3,(H,18,19)/t12?,14-/m1/s1. The van der Waals surface area contributed by atoms with Crippen molar-refractivity contribution < 1.29 is 24.7 Å². The Bertz CT molecular complexity index is 345. The van der Waals surface area contributed by atoms with Crippen LogP contribution in [0.25, 0.3) is 0 Å². The number of aliphatic carboxylic acids is 1. The van der Waals surface area contributed by atoms with Crippen molar-refractivity contribution in [3.63, 3.8) is 0 Å². The molecule has 0 aromatic carbocycles. The van der Waals surface area contributed by atoms with Crippen LogP contribution in [0.2, 0.25) is 6.32 Å². The van der Waals surface area contributed by atoms with Gasteiger partial charge in [0.15, 0.2) is 0 Å². The third-order valence-electron chi connectivity index (χ3n) is 4.46. The van der Waals surface area contributed by atoms with Gasteiger partial charge in [-0.2, -0.15) is 0 Å². The fraction of sp³-hybridized carbons (Fsp3) is 0.929. The van der Waals surface area contributed by atoms with Crippen LogP contribution >= 0.6 is 0 Å². The Kier molecular flexibility index (Phi) is 8.34. The minimum atomic E-state index is -1.34. The molecule has 5 N–H and O–H groups in total. The molecule has 22 heavy (non-hydrogen) atoms. The Morgan fingerprint density at radius 3 is 2.73 bits per heavy atom. The molecule has 0 radical (unpaired) electrons. The van der Waals surface area contributed by atoms with Gasteiger partial charge in [0, 0.05) is 19.7 Å². The molecular formula is C14H29BN2O5. The second-order valence-corrected chi connectivity index (χ2v) is 6.23. The van der Waals surface area contributed by atoms with Crippen molar-refractivity contribution >= 4 is 13.1 Å². The van der Waals surface area contributed by atoms with Crippen molar-refractivity contribution in [1.29, 1.82) is 0 Å². The number of methoxy groups -OCH3 is 1. The summed E-state index contributed by atoms with van der Waals surface area (Å²) in [6.07, 6.45) is 4.29. The van der Waals surface area contributed by atoms with E-state index in [0.717, 1.165) is 19.4 Å². The summed E-state index contributed by atoms with van der Waals surface area (Å²) in [6, 6.07) is 0.354. The van der Waals surface area contributed by atoms with Crippen LogP contribution in [-0.4, -0.2) is 71.5 Å². The molecule has 8 heteroatoms. The van der Waals surface area contributed by atoms with Gasteiger partial charge in [-0.15, -0.1) is 0 Å². The van der Waals surface area contributed by atoms with Crippen molar-refractivity contribution in [3.05, 3.63) is 0 Å². The zero-order chi connectivity index (χ0) is 16.6. The number of likely N-dealkylation sites (tertiary alicyclic amines) is 1. The zero-order valence-corrected chi connectivity index (χ0v) is 13.4. The van der Waals surface area contributed by atoms with E-state index in [2.05, 4.69) is 4.90 Å². The molecule has 0 saturated carbocycles. The van der Waals surface area contributed by atoms with Gasteiger partial charge in [0.1, 0.15) is 5.54 Å². The van der Waals surface area contributed by atoms with Gasteiger partial charge >= 0.3 is 13.1 Å². The largest absolute Gasteiger partial charge is 0.480 e. The molecule has 1 saturated heterocycles. The molecule has 0 aromatic rings. The van der Waals surface area contributed by atoms with Crippen LogP contribution in [0.4, 0.5) is 0 Å². The third-order valence-corrected chi connectivity index (χ3v) is 4.46. The van der Waals surface area contributed by atoms with Crippen LogP contribution in [0.15, 0.2) is 0 Å². The minimum absolute atomic E-state index is 0.248. The highest BCUT2D eigenvalue weighted by atomic mass is 16.5. The molecule has 128 valence electrons. The second kappa shape index (κ2) is 9.47. The van der Waals surface area contributed by atoms with E-state index in [-0.39, 0.29) is 6.32 Å². The highest BCUT2D eigenvalue weighted by Crippen LogP contribution is 2.22. The number of hydrogen-bond donors (Lipinski definition) is 4. The molecule has 1 aliphatic heterocycles. The predicted molar refractivity (Wildman–Crippen MR) is 84.5 cm³/mol. The molecule has 2 atom stereocenters. The van der Waals surface area contributed by atoms with Gasteiger partial charge in [0.05, 0.1) is 6.61 Å². The van der Waals surface area contributed by atoms with Gasteiger partial charge in [0.2, 0.25) is 0 Å². The summed E-state index contributed by atoms with van der Waals surface area (Å²) >= 11 is 0. The number of ether oxygens (including phenoxy) is 1. The third kappa shape index (κ3) is 6.22. The number of carboxylic acid groups (broad SMARTS) is 1. The number of carboxylic acids is 1. The van der Waals surface area contributed by atoms with Gasteiger partial charge in [-0.05, 0) is 38.5 Å². The Balaban J connectivity index is 2.43. The maximum absolute atomic E-state index is 11.5. The Hall–Kier alpha value is -0.665. The van der Waals surface area contributed by atoms with E-state index in [9.17, 15) is 9.90 Å². The van der Waals surface area contributed by atoms with Crippen molar-refractivity contribution in [2.24, 2.45) is 5.73 Å². The van der Waals surface area contributed by atoms with Gasteiger partial charge < -0.3 is 25.6 Å². The Morgan fingerprint density at radius 2 is 2.14 bits per heavy atom. The number of nitrogens with two attached hydrogens (primary N) is 1. The fourth-order valence-corrected chi connectivity index (χ4v) is 3.02. The first-order valence-electron chi connectivity index (χ1n) is 8.00. The quantitative estimate of drug-likeness (QED) is 0.311. The Morgan fingerprint density at radius 1 is 1.41 bits per heavy atom. The lowest BCUT2D eigenvalue weighted by molar-refractivity contribution is -0.144. The lowest BCUT2D eigenvalue weighted by Crippen LogP contribution is -2.50. The maximum atomic E-state index is 11.5. The fourth-order valence-electron chi connectivity index (χ4n) is 3.02. The minimum Gasteiger partial charge on any atom is -0.480 e. The molecule has 1 rings (SSSR count). The van der Waals surface area contributed by atoms with Crippen LogP contribution in [0.5, 0.6) is 0 Å². The molecule has 0 amide bonds. The van der Waals surface area contributed by atoms with Gasteiger partial charge in [-0.3, -0.25) is 9.69 Å². The van der Waals surface area contributed by atoms with E-state index in [0.29, 0.717) is 44.9 Å². The SMILES string of the molecule is COCC1CCCN1CC[C@](N)(CCCCB(O)O)C(=O)O. The average Bonchev–Trinajstić information content (AvgIpc) is 2.89. The Labute approximate surface area is 132 Å². The van der Waals surface area contributed by atoms with E-state index in [4.69, 9.17) is 20.5 Å². The average molecular weight is 316 g/mol. The monoisotopic (exact) mass is 316 g/mol. The van der Waals surface area contributed by atoms with E-state index < -0.39 is 18.6 Å². The van der Waals surface area contributed by atoms with Crippen LogP contribution in [-0.2, 0) is 9.53 Å². The summed E-state index contributed by atoms with van der Waals surface area (Å²) in [6.45, 7) is 2.28. The molecule has 0 spiro atoms. The van der Waals surface area contributed by atoms with Crippen LogP contribution in [0.1, 0.15) is 38.5 Å². The van der Waals surface area contributed by atoms with Crippen molar-refractivity contribution in [2.45, 2.75) is 56.4 Å². The first kappa shape index (κ1) is 19.4. The second-order valence-electron chi connectivity index (χ2n) is 6.23. The molecule has 0 aromatic heterocycles. The lowest BCUT2D eigenvalue weighted by atomic mass is 9.81. The molecule has 1 unspecified atom stereocenters. The zero-order valence-electron chi connectivity index (χ0n) is 13.4. The maximum Gasteiger partial charge on any atom is 0.451 e. The van der Waals surface area contributed by atoms with E-state index in [1.54, 1.807) is 7.11 Å². The summed E-state index contributed by atoms with van der Waals surface area (Å²) in [5.74, 6) is -0.987. The summed E-state index contributed by atoms with van der Waals surface area (Å²) in [5, 5.41) is 27.0. The summed E-state index contributed by atoms with van der Waals surface area (Å²) in [4.78, 5) is 13.7. The lowest BCUT2D eigenvalue weighted by Gasteiger charge is -2.30. The molecule has 0 bridgehead atoms. The number of nitrogens with zero attached hydrogens (tertiary/aromatic N) is 1. The molecule has 1 fully saturated rings. The predicted octanol–water partition coefficient (Wildman–Crippen LogP) is -0.0875. The topological polar surface area (TPSA) is 116 Å². The molecular weight excluding hydrogens is 287 g/mol. The molecule has 7 nitrogen and oxygen atoms in total. The number of rotatable bonds is 11. The first-order chi connectivity index (χ1) is 10.4. The summed E-state index contributed by atoms with van der Waals surface area (Å²) in [7, 11) is 0.340. The highest BCUT2D eigenvalue weighted by Gasteiger charge is 2.35.